The summed E-state index contributed by atoms with van der Waals surface area (Å²) >= 11 is 2.18. The molecular formula is C14H10INO2. The van der Waals surface area contributed by atoms with E-state index in [2.05, 4.69) is 27.9 Å². The summed E-state index contributed by atoms with van der Waals surface area (Å²) < 4.78 is 1.08. The van der Waals surface area contributed by atoms with Crippen molar-refractivity contribution in [3.05, 3.63) is 63.2 Å². The van der Waals surface area contributed by atoms with E-state index in [1.54, 1.807) is 36.4 Å². The SMILES string of the molecule is O=Cc1cccc(NC(=O)c2ccc(I)cc2)c1. The molecule has 0 aliphatic heterocycles. The Bertz CT molecular complexity index is 579. The number of hydrogen-bond acceptors (Lipinski definition) is 2. The predicted octanol–water partition coefficient (Wildman–Crippen LogP) is 3.36. The largest absolute Gasteiger partial charge is 0.322 e. The zero-order chi connectivity index (χ0) is 13.0. The van der Waals surface area contributed by atoms with Crippen molar-refractivity contribution in [2.24, 2.45) is 0 Å². The highest BCUT2D eigenvalue weighted by atomic mass is 127. The molecule has 2 rings (SSSR count). The first kappa shape index (κ1) is 12.8. The van der Waals surface area contributed by atoms with Crippen LogP contribution in [0.25, 0.3) is 0 Å². The molecule has 18 heavy (non-hydrogen) atoms. The minimum Gasteiger partial charge on any atom is -0.322 e. The van der Waals surface area contributed by atoms with Gasteiger partial charge in [-0.05, 0) is 59.0 Å². The Morgan fingerprint density at radius 1 is 1.11 bits per heavy atom. The first-order valence-corrected chi connectivity index (χ1v) is 6.39. The van der Waals surface area contributed by atoms with Crippen molar-refractivity contribution in [1.82, 2.24) is 0 Å². The Hall–Kier alpha value is -1.69. The lowest BCUT2D eigenvalue weighted by molar-refractivity contribution is 0.102. The van der Waals surface area contributed by atoms with Gasteiger partial charge in [0.1, 0.15) is 6.29 Å². The summed E-state index contributed by atoms with van der Waals surface area (Å²) in [5.41, 5.74) is 1.74. The van der Waals surface area contributed by atoms with Gasteiger partial charge >= 0.3 is 0 Å². The van der Waals surface area contributed by atoms with E-state index in [1.165, 1.54) is 0 Å². The lowest BCUT2D eigenvalue weighted by atomic mass is 10.2. The Labute approximate surface area is 118 Å². The summed E-state index contributed by atoms with van der Waals surface area (Å²) in [5, 5.41) is 2.75. The Balaban J connectivity index is 2.15. The molecule has 0 saturated carbocycles. The van der Waals surface area contributed by atoms with Crippen LogP contribution in [-0.4, -0.2) is 12.2 Å². The smallest absolute Gasteiger partial charge is 0.255 e. The minimum absolute atomic E-state index is 0.186. The van der Waals surface area contributed by atoms with Crippen LogP contribution in [0.2, 0.25) is 0 Å². The molecule has 4 heteroatoms. The van der Waals surface area contributed by atoms with Crippen molar-refractivity contribution in [2.75, 3.05) is 5.32 Å². The summed E-state index contributed by atoms with van der Waals surface area (Å²) in [6.45, 7) is 0. The standard InChI is InChI=1S/C14H10INO2/c15-12-6-4-11(5-7-12)14(18)16-13-3-1-2-10(8-13)9-17/h1-9H,(H,16,18). The number of amides is 1. The molecule has 1 amide bonds. The lowest BCUT2D eigenvalue weighted by Gasteiger charge is -2.05. The van der Waals surface area contributed by atoms with E-state index in [0.29, 0.717) is 16.8 Å². The topological polar surface area (TPSA) is 46.2 Å². The quantitative estimate of drug-likeness (QED) is 0.681. The number of nitrogens with one attached hydrogen (secondary N) is 1. The third-order valence-corrected chi connectivity index (χ3v) is 3.11. The van der Waals surface area contributed by atoms with E-state index in [1.807, 2.05) is 12.1 Å². The van der Waals surface area contributed by atoms with Crippen LogP contribution in [0.4, 0.5) is 5.69 Å². The predicted molar refractivity (Wildman–Crippen MR) is 78.9 cm³/mol. The number of carbonyl (C=O) groups excluding carboxylic acids is 2. The molecule has 0 heterocycles. The molecule has 0 bridgehead atoms. The van der Waals surface area contributed by atoms with Crippen molar-refractivity contribution >= 4 is 40.5 Å². The van der Waals surface area contributed by atoms with Crippen molar-refractivity contribution in [2.45, 2.75) is 0 Å². The number of hydrogen-bond donors (Lipinski definition) is 1. The number of benzene rings is 2. The fourth-order valence-corrected chi connectivity index (χ4v) is 1.85. The van der Waals surface area contributed by atoms with E-state index in [-0.39, 0.29) is 5.91 Å². The molecule has 3 nitrogen and oxygen atoms in total. The highest BCUT2D eigenvalue weighted by Crippen LogP contribution is 2.12. The van der Waals surface area contributed by atoms with E-state index in [0.717, 1.165) is 9.86 Å². The number of aldehydes is 1. The van der Waals surface area contributed by atoms with Crippen LogP contribution in [0.5, 0.6) is 0 Å². The van der Waals surface area contributed by atoms with Crippen LogP contribution >= 0.6 is 22.6 Å². The first-order valence-electron chi connectivity index (χ1n) is 5.31. The Morgan fingerprint density at radius 3 is 2.50 bits per heavy atom. The molecule has 90 valence electrons. The van der Waals surface area contributed by atoms with E-state index >= 15 is 0 Å². The summed E-state index contributed by atoms with van der Waals surface area (Å²) in [4.78, 5) is 22.6. The number of carbonyl (C=O) groups is 2. The van der Waals surface area contributed by atoms with Gasteiger partial charge in [-0.1, -0.05) is 12.1 Å². The molecule has 2 aromatic carbocycles. The van der Waals surface area contributed by atoms with E-state index in [4.69, 9.17) is 0 Å². The van der Waals surface area contributed by atoms with Crippen molar-refractivity contribution in [3.63, 3.8) is 0 Å². The second kappa shape index (κ2) is 5.77. The zero-order valence-corrected chi connectivity index (χ0v) is 11.5. The van der Waals surface area contributed by atoms with Gasteiger partial charge in [0.2, 0.25) is 0 Å². The minimum atomic E-state index is -0.186. The maximum absolute atomic E-state index is 11.9. The molecular weight excluding hydrogens is 341 g/mol. The molecule has 0 aliphatic rings. The van der Waals surface area contributed by atoms with Gasteiger partial charge in [-0.15, -0.1) is 0 Å². The second-order valence-corrected chi connectivity index (χ2v) is 4.95. The first-order chi connectivity index (χ1) is 8.69. The molecule has 0 spiro atoms. The monoisotopic (exact) mass is 351 g/mol. The third kappa shape index (κ3) is 3.16. The molecule has 0 unspecified atom stereocenters. The fourth-order valence-electron chi connectivity index (χ4n) is 1.49. The summed E-state index contributed by atoms with van der Waals surface area (Å²) in [6, 6.07) is 14.1. The highest BCUT2D eigenvalue weighted by Gasteiger charge is 2.05. The van der Waals surface area contributed by atoms with Crippen molar-refractivity contribution in [1.29, 1.82) is 0 Å². The van der Waals surface area contributed by atoms with Crippen LogP contribution < -0.4 is 5.32 Å². The molecule has 0 aromatic heterocycles. The maximum Gasteiger partial charge on any atom is 0.255 e. The van der Waals surface area contributed by atoms with Gasteiger partial charge in [-0.25, -0.2) is 0 Å². The molecule has 0 saturated heterocycles. The maximum atomic E-state index is 11.9. The molecule has 0 fully saturated rings. The van der Waals surface area contributed by atoms with Crippen LogP contribution in [0.15, 0.2) is 48.5 Å². The van der Waals surface area contributed by atoms with Crippen molar-refractivity contribution < 1.29 is 9.59 Å². The average Bonchev–Trinajstić information content (AvgIpc) is 2.39. The molecule has 0 aliphatic carbocycles. The van der Waals surface area contributed by atoms with Gasteiger partial charge in [-0.3, -0.25) is 9.59 Å². The summed E-state index contributed by atoms with van der Waals surface area (Å²) in [6.07, 6.45) is 0.751. The van der Waals surface area contributed by atoms with Crippen LogP contribution in [0.1, 0.15) is 20.7 Å². The van der Waals surface area contributed by atoms with Gasteiger partial charge in [0.05, 0.1) is 0 Å². The van der Waals surface area contributed by atoms with Gasteiger partial charge in [0.15, 0.2) is 0 Å². The van der Waals surface area contributed by atoms with E-state index in [9.17, 15) is 9.59 Å². The van der Waals surface area contributed by atoms with Crippen LogP contribution in [-0.2, 0) is 0 Å². The fraction of sp³-hybridized carbons (Fsp3) is 0. The normalized spacial score (nSPS) is 9.83. The Kier molecular flexibility index (Phi) is 4.09. The number of rotatable bonds is 3. The lowest BCUT2D eigenvalue weighted by Crippen LogP contribution is -2.11. The van der Waals surface area contributed by atoms with E-state index < -0.39 is 0 Å². The molecule has 0 atom stereocenters. The van der Waals surface area contributed by atoms with Gasteiger partial charge in [0, 0.05) is 20.4 Å². The highest BCUT2D eigenvalue weighted by molar-refractivity contribution is 14.1. The van der Waals surface area contributed by atoms with Gasteiger partial charge < -0.3 is 5.32 Å². The van der Waals surface area contributed by atoms with Gasteiger partial charge in [-0.2, -0.15) is 0 Å². The van der Waals surface area contributed by atoms with Crippen LogP contribution in [0, 0.1) is 3.57 Å². The third-order valence-electron chi connectivity index (χ3n) is 2.39. The summed E-state index contributed by atoms with van der Waals surface area (Å²) in [5.74, 6) is -0.186. The van der Waals surface area contributed by atoms with Gasteiger partial charge in [0.25, 0.3) is 5.91 Å². The zero-order valence-electron chi connectivity index (χ0n) is 9.39. The second-order valence-electron chi connectivity index (χ2n) is 3.70. The van der Waals surface area contributed by atoms with Crippen molar-refractivity contribution in [3.8, 4) is 0 Å². The summed E-state index contributed by atoms with van der Waals surface area (Å²) in [7, 11) is 0. The molecule has 1 N–H and O–H groups in total. The number of anilines is 1. The van der Waals surface area contributed by atoms with Crippen LogP contribution in [0.3, 0.4) is 0 Å². The Morgan fingerprint density at radius 2 is 1.83 bits per heavy atom. The number of halogens is 1. The molecule has 2 aromatic rings. The average molecular weight is 351 g/mol. The molecule has 0 radical (unpaired) electrons.